The zero-order valence-electron chi connectivity index (χ0n) is 12.7. The van der Waals surface area contributed by atoms with Crippen LogP contribution >= 0.6 is 0 Å². The van der Waals surface area contributed by atoms with Gasteiger partial charge in [-0.2, -0.15) is 0 Å². The Bertz CT molecular complexity index is 173. The summed E-state index contributed by atoms with van der Waals surface area (Å²) in [5.74, 6) is 0. The molecule has 3 nitrogen and oxygen atoms in total. The molecule has 19 heavy (non-hydrogen) atoms. The van der Waals surface area contributed by atoms with Crippen molar-refractivity contribution in [3.8, 4) is 0 Å². The minimum atomic E-state index is -0.310. The third kappa shape index (κ3) is 14.1. The molecule has 0 radical (unpaired) electrons. The number of unbranched alkanes of at least 4 members (excludes halogenated alkanes) is 7. The maximum atomic E-state index is 9.43. The average Bonchev–Trinajstić information content (AvgIpc) is 2.40. The van der Waals surface area contributed by atoms with E-state index in [2.05, 4.69) is 0 Å². The van der Waals surface area contributed by atoms with Crippen molar-refractivity contribution in [3.05, 3.63) is 0 Å². The van der Waals surface area contributed by atoms with E-state index in [0.717, 1.165) is 32.1 Å². The van der Waals surface area contributed by atoms with Gasteiger partial charge in [0.25, 0.3) is 0 Å². The highest BCUT2D eigenvalue weighted by molar-refractivity contribution is 4.56. The number of rotatable bonds is 14. The molecule has 0 rings (SSSR count). The van der Waals surface area contributed by atoms with Crippen molar-refractivity contribution in [1.29, 1.82) is 0 Å². The van der Waals surface area contributed by atoms with Gasteiger partial charge < -0.3 is 15.3 Å². The van der Waals surface area contributed by atoms with Crippen molar-refractivity contribution in [2.24, 2.45) is 0 Å². The Balaban J connectivity index is 3.07. The molecule has 0 amide bonds. The van der Waals surface area contributed by atoms with Gasteiger partial charge in [-0.05, 0) is 25.7 Å². The molecule has 0 aliphatic carbocycles. The fraction of sp³-hybridized carbons (Fsp3) is 1.00. The van der Waals surface area contributed by atoms with Gasteiger partial charge in [0.1, 0.15) is 0 Å². The first-order valence-electron chi connectivity index (χ1n) is 8.17. The Kier molecular flexibility index (Phi) is 14.2. The van der Waals surface area contributed by atoms with E-state index < -0.39 is 0 Å². The van der Waals surface area contributed by atoms with E-state index in [1.807, 2.05) is 6.92 Å². The minimum Gasteiger partial charge on any atom is -0.396 e. The van der Waals surface area contributed by atoms with Crippen LogP contribution in [0.1, 0.15) is 84.0 Å². The van der Waals surface area contributed by atoms with Gasteiger partial charge in [-0.25, -0.2) is 0 Å². The number of aliphatic hydroxyl groups is 3. The van der Waals surface area contributed by atoms with Crippen molar-refractivity contribution in [1.82, 2.24) is 0 Å². The second-order valence-electron chi connectivity index (χ2n) is 5.63. The van der Waals surface area contributed by atoms with Crippen molar-refractivity contribution >= 4 is 0 Å². The summed E-state index contributed by atoms with van der Waals surface area (Å²) in [5, 5.41) is 27.5. The summed E-state index contributed by atoms with van der Waals surface area (Å²) >= 11 is 0. The molecule has 0 bridgehead atoms. The summed E-state index contributed by atoms with van der Waals surface area (Å²) in [6, 6.07) is 0. The van der Waals surface area contributed by atoms with Gasteiger partial charge in [-0.3, -0.25) is 0 Å². The van der Waals surface area contributed by atoms with E-state index in [9.17, 15) is 10.2 Å². The molecule has 0 fully saturated rings. The van der Waals surface area contributed by atoms with Gasteiger partial charge in [-0.15, -0.1) is 0 Å². The zero-order valence-corrected chi connectivity index (χ0v) is 12.7. The molecular weight excluding hydrogens is 240 g/mol. The van der Waals surface area contributed by atoms with Gasteiger partial charge >= 0.3 is 0 Å². The molecule has 0 aliphatic rings. The van der Waals surface area contributed by atoms with Gasteiger partial charge in [0.15, 0.2) is 0 Å². The van der Waals surface area contributed by atoms with E-state index in [1.165, 1.54) is 38.5 Å². The van der Waals surface area contributed by atoms with Gasteiger partial charge in [0, 0.05) is 6.61 Å². The minimum absolute atomic E-state index is 0.0912. The standard InChI is InChI=1S/C16H34O3/c1-2-15(18)11-9-7-5-3-4-6-8-10-12-16(19)13-14-17/h15-19H,2-14H2,1H3. The summed E-state index contributed by atoms with van der Waals surface area (Å²) in [7, 11) is 0. The van der Waals surface area contributed by atoms with Crippen LogP contribution in [0.3, 0.4) is 0 Å². The SMILES string of the molecule is CCC(O)CCCCCCCCCCC(O)CCO. The summed E-state index contributed by atoms with van der Waals surface area (Å²) in [6.45, 7) is 2.12. The molecule has 0 aromatic carbocycles. The predicted molar refractivity (Wildman–Crippen MR) is 80.2 cm³/mol. The lowest BCUT2D eigenvalue weighted by molar-refractivity contribution is 0.122. The summed E-state index contributed by atoms with van der Waals surface area (Å²) in [5.41, 5.74) is 0. The van der Waals surface area contributed by atoms with Crippen LogP contribution in [-0.2, 0) is 0 Å². The molecular formula is C16H34O3. The first kappa shape index (κ1) is 18.9. The normalized spacial score (nSPS) is 14.5. The molecule has 3 N–H and O–H groups in total. The van der Waals surface area contributed by atoms with Crippen LogP contribution < -0.4 is 0 Å². The maximum Gasteiger partial charge on any atom is 0.0562 e. The Hall–Kier alpha value is -0.120. The molecule has 0 spiro atoms. The molecule has 0 heterocycles. The number of aliphatic hydroxyl groups excluding tert-OH is 3. The van der Waals surface area contributed by atoms with Crippen LogP contribution in [0.5, 0.6) is 0 Å². The topological polar surface area (TPSA) is 60.7 Å². The van der Waals surface area contributed by atoms with E-state index in [4.69, 9.17) is 5.11 Å². The quantitative estimate of drug-likeness (QED) is 0.425. The first-order valence-corrected chi connectivity index (χ1v) is 8.17. The lowest BCUT2D eigenvalue weighted by atomic mass is 10.0. The first-order chi connectivity index (χ1) is 9.20. The lowest BCUT2D eigenvalue weighted by Crippen LogP contribution is -2.08. The Morgan fingerprint density at radius 3 is 1.47 bits per heavy atom. The average molecular weight is 274 g/mol. The summed E-state index contributed by atoms with van der Waals surface area (Å²) < 4.78 is 0. The van der Waals surface area contributed by atoms with E-state index in [-0.39, 0.29) is 18.8 Å². The van der Waals surface area contributed by atoms with Crippen molar-refractivity contribution in [2.45, 2.75) is 96.2 Å². The smallest absolute Gasteiger partial charge is 0.0562 e. The lowest BCUT2D eigenvalue weighted by Gasteiger charge is -2.08. The largest absolute Gasteiger partial charge is 0.396 e. The molecule has 0 aromatic rings. The maximum absolute atomic E-state index is 9.43. The Morgan fingerprint density at radius 1 is 0.632 bits per heavy atom. The van der Waals surface area contributed by atoms with E-state index in [1.54, 1.807) is 0 Å². The summed E-state index contributed by atoms with van der Waals surface area (Å²) in [4.78, 5) is 0. The summed E-state index contributed by atoms with van der Waals surface area (Å²) in [6.07, 6.45) is 12.6. The van der Waals surface area contributed by atoms with Crippen LogP contribution in [-0.4, -0.2) is 34.1 Å². The fourth-order valence-corrected chi connectivity index (χ4v) is 2.32. The van der Waals surface area contributed by atoms with Crippen LogP contribution in [0.2, 0.25) is 0 Å². The Labute approximate surface area is 119 Å². The van der Waals surface area contributed by atoms with Crippen LogP contribution in [0.15, 0.2) is 0 Å². The third-order valence-corrected chi connectivity index (χ3v) is 3.76. The molecule has 2 atom stereocenters. The monoisotopic (exact) mass is 274 g/mol. The van der Waals surface area contributed by atoms with Crippen LogP contribution in [0, 0.1) is 0 Å². The highest BCUT2D eigenvalue weighted by Crippen LogP contribution is 2.13. The molecule has 2 unspecified atom stereocenters. The third-order valence-electron chi connectivity index (χ3n) is 3.76. The molecule has 3 heteroatoms. The Morgan fingerprint density at radius 2 is 1.05 bits per heavy atom. The van der Waals surface area contributed by atoms with Crippen LogP contribution in [0.4, 0.5) is 0 Å². The fourth-order valence-electron chi connectivity index (χ4n) is 2.32. The second-order valence-corrected chi connectivity index (χ2v) is 5.63. The van der Waals surface area contributed by atoms with Gasteiger partial charge in [0.05, 0.1) is 12.2 Å². The predicted octanol–water partition coefficient (Wildman–Crippen LogP) is 3.40. The number of hydrogen-bond acceptors (Lipinski definition) is 3. The van der Waals surface area contributed by atoms with Crippen LogP contribution in [0.25, 0.3) is 0 Å². The van der Waals surface area contributed by atoms with Crippen molar-refractivity contribution < 1.29 is 15.3 Å². The molecule has 0 aliphatic heterocycles. The number of hydrogen-bond donors (Lipinski definition) is 3. The highest BCUT2D eigenvalue weighted by atomic mass is 16.3. The van der Waals surface area contributed by atoms with E-state index in [0.29, 0.717) is 6.42 Å². The van der Waals surface area contributed by atoms with Gasteiger partial charge in [0.2, 0.25) is 0 Å². The van der Waals surface area contributed by atoms with E-state index >= 15 is 0 Å². The molecule has 0 saturated heterocycles. The highest BCUT2D eigenvalue weighted by Gasteiger charge is 2.02. The zero-order chi connectivity index (χ0) is 14.3. The van der Waals surface area contributed by atoms with Gasteiger partial charge in [-0.1, -0.05) is 58.3 Å². The van der Waals surface area contributed by atoms with Crippen molar-refractivity contribution in [3.63, 3.8) is 0 Å². The molecule has 116 valence electrons. The molecule has 0 saturated carbocycles. The van der Waals surface area contributed by atoms with Crippen molar-refractivity contribution in [2.75, 3.05) is 6.61 Å². The second kappa shape index (κ2) is 14.3. The molecule has 0 aromatic heterocycles.